The second-order valence-electron chi connectivity index (χ2n) is 6.24. The molecule has 1 fully saturated rings. The highest BCUT2D eigenvalue weighted by atomic mass is 15.2. The summed E-state index contributed by atoms with van der Waals surface area (Å²) in [6.07, 6.45) is 17.0. The smallest absolute Gasteiger partial charge is 0.0108 e. The first-order valence-electron chi connectivity index (χ1n) is 8.82. The summed E-state index contributed by atoms with van der Waals surface area (Å²) in [6, 6.07) is 0.845. The Morgan fingerprint density at radius 2 is 1.47 bits per heavy atom. The topological polar surface area (TPSA) is 29.3 Å². The van der Waals surface area contributed by atoms with Gasteiger partial charge in [0.2, 0.25) is 0 Å². The van der Waals surface area contributed by atoms with Crippen molar-refractivity contribution in [2.75, 3.05) is 19.6 Å². The van der Waals surface area contributed by atoms with Gasteiger partial charge in [0.05, 0.1) is 0 Å². The second kappa shape index (κ2) is 11.7. The van der Waals surface area contributed by atoms with E-state index in [1.54, 1.807) is 0 Å². The van der Waals surface area contributed by atoms with Crippen LogP contribution in [0.4, 0.5) is 0 Å². The van der Waals surface area contributed by atoms with Crippen molar-refractivity contribution in [2.45, 2.75) is 90.0 Å². The lowest BCUT2D eigenvalue weighted by atomic mass is 9.94. The fourth-order valence-electron chi connectivity index (χ4n) is 3.36. The van der Waals surface area contributed by atoms with E-state index in [1.807, 2.05) is 0 Å². The summed E-state index contributed by atoms with van der Waals surface area (Å²) in [5.74, 6) is 0. The molecule has 1 aliphatic carbocycles. The molecule has 0 atom stereocenters. The molecule has 1 rings (SSSR count). The Morgan fingerprint density at radius 1 is 0.842 bits per heavy atom. The van der Waals surface area contributed by atoms with Gasteiger partial charge in [-0.1, -0.05) is 64.7 Å². The number of nitrogens with zero attached hydrogens (tertiary/aromatic N) is 1. The predicted molar refractivity (Wildman–Crippen MR) is 85.5 cm³/mol. The molecule has 0 aromatic rings. The Balaban J connectivity index is 2.07. The summed E-state index contributed by atoms with van der Waals surface area (Å²) in [5, 5.41) is 0. The van der Waals surface area contributed by atoms with Gasteiger partial charge in [-0.3, -0.25) is 4.90 Å². The Kier molecular flexibility index (Phi) is 10.5. The van der Waals surface area contributed by atoms with Gasteiger partial charge < -0.3 is 5.73 Å². The van der Waals surface area contributed by atoms with Crippen molar-refractivity contribution in [2.24, 2.45) is 5.73 Å². The monoisotopic (exact) mass is 268 g/mol. The quantitative estimate of drug-likeness (QED) is 0.565. The van der Waals surface area contributed by atoms with E-state index in [-0.39, 0.29) is 0 Å². The molecule has 2 nitrogen and oxygen atoms in total. The molecular weight excluding hydrogens is 232 g/mol. The molecule has 0 amide bonds. The van der Waals surface area contributed by atoms with E-state index in [0.29, 0.717) is 0 Å². The van der Waals surface area contributed by atoms with Crippen LogP contribution in [0.2, 0.25) is 0 Å². The first kappa shape index (κ1) is 17.0. The molecule has 0 aromatic carbocycles. The molecule has 0 bridgehead atoms. The minimum atomic E-state index is 0.826. The van der Waals surface area contributed by atoms with Crippen LogP contribution in [-0.2, 0) is 0 Å². The maximum Gasteiger partial charge on any atom is 0.0108 e. The largest absolute Gasteiger partial charge is 0.329 e. The Morgan fingerprint density at radius 3 is 2.11 bits per heavy atom. The maximum atomic E-state index is 5.78. The molecule has 0 heterocycles. The third-order valence-corrected chi connectivity index (χ3v) is 4.56. The van der Waals surface area contributed by atoms with Crippen LogP contribution in [0.25, 0.3) is 0 Å². The Hall–Kier alpha value is -0.0800. The molecule has 0 aromatic heterocycles. The van der Waals surface area contributed by atoms with E-state index < -0.39 is 0 Å². The van der Waals surface area contributed by atoms with Crippen LogP contribution in [-0.4, -0.2) is 30.6 Å². The lowest BCUT2D eigenvalue weighted by Gasteiger charge is -2.34. The number of hydrogen-bond acceptors (Lipinski definition) is 2. The molecule has 1 aliphatic rings. The number of unbranched alkanes of at least 4 members (excludes halogenated alkanes) is 6. The lowest BCUT2D eigenvalue weighted by Crippen LogP contribution is -2.40. The number of hydrogen-bond donors (Lipinski definition) is 1. The van der Waals surface area contributed by atoms with Crippen LogP contribution in [0, 0.1) is 0 Å². The SMILES string of the molecule is CCCCCCCCCN(CCN)C1CCCCC1. The van der Waals surface area contributed by atoms with Gasteiger partial charge in [-0.15, -0.1) is 0 Å². The van der Waals surface area contributed by atoms with E-state index in [2.05, 4.69) is 11.8 Å². The highest BCUT2D eigenvalue weighted by Gasteiger charge is 2.19. The molecule has 19 heavy (non-hydrogen) atoms. The molecule has 2 heteroatoms. The zero-order chi connectivity index (χ0) is 13.8. The summed E-state index contributed by atoms with van der Waals surface area (Å²) in [4.78, 5) is 2.69. The first-order chi connectivity index (χ1) is 9.38. The average Bonchev–Trinajstić information content (AvgIpc) is 2.46. The normalized spacial score (nSPS) is 17.2. The van der Waals surface area contributed by atoms with Crippen molar-refractivity contribution >= 4 is 0 Å². The predicted octanol–water partition coefficient (Wildman–Crippen LogP) is 4.33. The van der Waals surface area contributed by atoms with E-state index in [1.165, 1.54) is 83.6 Å². The summed E-state index contributed by atoms with van der Waals surface area (Å²) < 4.78 is 0. The van der Waals surface area contributed by atoms with Crippen LogP contribution in [0.15, 0.2) is 0 Å². The van der Waals surface area contributed by atoms with Crippen LogP contribution >= 0.6 is 0 Å². The molecular formula is C17H36N2. The van der Waals surface area contributed by atoms with Crippen molar-refractivity contribution in [3.63, 3.8) is 0 Å². The molecule has 0 saturated heterocycles. The molecule has 1 saturated carbocycles. The van der Waals surface area contributed by atoms with Crippen LogP contribution < -0.4 is 5.73 Å². The summed E-state index contributed by atoms with van der Waals surface area (Å²) in [6.45, 7) is 5.51. The Bertz CT molecular complexity index is 188. The molecule has 0 radical (unpaired) electrons. The summed E-state index contributed by atoms with van der Waals surface area (Å²) in [7, 11) is 0. The van der Waals surface area contributed by atoms with E-state index in [4.69, 9.17) is 5.73 Å². The van der Waals surface area contributed by atoms with Crippen molar-refractivity contribution in [3.05, 3.63) is 0 Å². The lowest BCUT2D eigenvalue weighted by molar-refractivity contribution is 0.157. The third kappa shape index (κ3) is 7.94. The van der Waals surface area contributed by atoms with Gasteiger partial charge in [-0.25, -0.2) is 0 Å². The van der Waals surface area contributed by atoms with E-state index in [9.17, 15) is 0 Å². The standard InChI is InChI=1S/C17H36N2/c1-2-3-4-5-6-7-11-15-19(16-14-18)17-12-9-8-10-13-17/h17H,2-16,18H2,1H3. The van der Waals surface area contributed by atoms with Gasteiger partial charge in [-0.2, -0.15) is 0 Å². The minimum absolute atomic E-state index is 0.826. The zero-order valence-corrected chi connectivity index (χ0v) is 13.2. The molecule has 114 valence electrons. The average molecular weight is 268 g/mol. The van der Waals surface area contributed by atoms with Crippen molar-refractivity contribution in [1.29, 1.82) is 0 Å². The molecule has 2 N–H and O–H groups in total. The molecule has 0 unspecified atom stereocenters. The van der Waals surface area contributed by atoms with Crippen molar-refractivity contribution in [1.82, 2.24) is 4.90 Å². The van der Waals surface area contributed by atoms with Gasteiger partial charge in [0, 0.05) is 19.1 Å². The van der Waals surface area contributed by atoms with Gasteiger partial charge in [0.25, 0.3) is 0 Å². The van der Waals surface area contributed by atoms with Gasteiger partial charge in [0.1, 0.15) is 0 Å². The summed E-state index contributed by atoms with van der Waals surface area (Å²) >= 11 is 0. The zero-order valence-electron chi connectivity index (χ0n) is 13.2. The molecule has 0 aliphatic heterocycles. The first-order valence-corrected chi connectivity index (χ1v) is 8.82. The van der Waals surface area contributed by atoms with E-state index in [0.717, 1.165) is 19.1 Å². The van der Waals surface area contributed by atoms with Crippen LogP contribution in [0.3, 0.4) is 0 Å². The van der Waals surface area contributed by atoms with Crippen molar-refractivity contribution in [3.8, 4) is 0 Å². The molecule has 0 spiro atoms. The minimum Gasteiger partial charge on any atom is -0.329 e. The van der Waals surface area contributed by atoms with Gasteiger partial charge in [-0.05, 0) is 25.8 Å². The van der Waals surface area contributed by atoms with Crippen LogP contribution in [0.1, 0.15) is 84.0 Å². The maximum absolute atomic E-state index is 5.78. The highest BCUT2D eigenvalue weighted by molar-refractivity contribution is 4.76. The van der Waals surface area contributed by atoms with Crippen LogP contribution in [0.5, 0.6) is 0 Å². The highest BCUT2D eigenvalue weighted by Crippen LogP contribution is 2.22. The third-order valence-electron chi connectivity index (χ3n) is 4.56. The fraction of sp³-hybridized carbons (Fsp3) is 1.00. The van der Waals surface area contributed by atoms with E-state index >= 15 is 0 Å². The Labute approximate surface area is 121 Å². The van der Waals surface area contributed by atoms with Crippen molar-refractivity contribution < 1.29 is 0 Å². The number of rotatable bonds is 11. The van der Waals surface area contributed by atoms with Gasteiger partial charge >= 0.3 is 0 Å². The fourth-order valence-corrected chi connectivity index (χ4v) is 3.36. The second-order valence-corrected chi connectivity index (χ2v) is 6.24. The summed E-state index contributed by atoms with van der Waals surface area (Å²) in [5.41, 5.74) is 5.78. The number of nitrogens with two attached hydrogens (primary N) is 1. The van der Waals surface area contributed by atoms with Gasteiger partial charge in [0.15, 0.2) is 0 Å².